The lowest BCUT2D eigenvalue weighted by Crippen LogP contribution is -2.45. The summed E-state index contributed by atoms with van der Waals surface area (Å²) in [6.07, 6.45) is -4.39. The standard InChI is InChI=1S/C14H18BrF3N2O2.ClH/c15-10-1-2-13(22-14(16,17)18)11(9-10)12(3-8-21)20-6-4-19-5-7-20;/h1-2,9,12,19,21H,3-8H2;1H/t12-;/m1./s1. The number of alkyl halides is 3. The quantitative estimate of drug-likeness (QED) is 0.770. The molecule has 1 fully saturated rings. The van der Waals surface area contributed by atoms with E-state index in [0.29, 0.717) is 29.5 Å². The average Bonchev–Trinajstić information content (AvgIpc) is 2.46. The lowest BCUT2D eigenvalue weighted by atomic mass is 10.0. The number of piperazine rings is 1. The SMILES string of the molecule is Cl.OCC[C@H](c1cc(Br)ccc1OC(F)(F)F)N1CCNCC1. The minimum absolute atomic E-state index is 0. The maximum Gasteiger partial charge on any atom is 0.573 e. The topological polar surface area (TPSA) is 44.7 Å². The van der Waals surface area contributed by atoms with Gasteiger partial charge in [-0.15, -0.1) is 25.6 Å². The number of aliphatic hydroxyl groups excluding tert-OH is 1. The summed E-state index contributed by atoms with van der Waals surface area (Å²) in [5.41, 5.74) is 0.433. The second-order valence-electron chi connectivity index (χ2n) is 5.04. The van der Waals surface area contributed by atoms with Gasteiger partial charge in [-0.3, -0.25) is 4.90 Å². The highest BCUT2D eigenvalue weighted by Crippen LogP contribution is 2.36. The van der Waals surface area contributed by atoms with E-state index in [2.05, 4.69) is 30.9 Å². The Bertz CT molecular complexity index is 499. The lowest BCUT2D eigenvalue weighted by Gasteiger charge is -2.35. The largest absolute Gasteiger partial charge is 0.573 e. The van der Waals surface area contributed by atoms with E-state index < -0.39 is 6.36 Å². The van der Waals surface area contributed by atoms with Gasteiger partial charge in [-0.25, -0.2) is 0 Å². The predicted octanol–water partition coefficient (Wildman–Crippen LogP) is 3.10. The third-order valence-electron chi connectivity index (χ3n) is 3.55. The molecule has 1 saturated heterocycles. The van der Waals surface area contributed by atoms with Crippen molar-refractivity contribution in [2.45, 2.75) is 18.8 Å². The van der Waals surface area contributed by atoms with Crippen molar-refractivity contribution in [3.05, 3.63) is 28.2 Å². The molecule has 1 atom stereocenters. The molecular weight excluding hydrogens is 401 g/mol. The molecule has 1 aromatic carbocycles. The number of rotatable bonds is 5. The zero-order valence-electron chi connectivity index (χ0n) is 12.3. The first-order valence-electron chi connectivity index (χ1n) is 7.01. The highest BCUT2D eigenvalue weighted by molar-refractivity contribution is 9.10. The molecule has 1 aliphatic rings. The van der Waals surface area contributed by atoms with Gasteiger partial charge in [-0.2, -0.15) is 0 Å². The molecule has 0 aromatic heterocycles. The van der Waals surface area contributed by atoms with E-state index in [1.807, 2.05) is 0 Å². The van der Waals surface area contributed by atoms with Crippen LogP contribution in [0.5, 0.6) is 5.75 Å². The smallest absolute Gasteiger partial charge is 0.405 e. The fourth-order valence-corrected chi connectivity index (χ4v) is 3.03. The molecule has 2 N–H and O–H groups in total. The molecule has 0 spiro atoms. The number of halogens is 5. The summed E-state index contributed by atoms with van der Waals surface area (Å²) in [5, 5.41) is 12.5. The van der Waals surface area contributed by atoms with Gasteiger partial charge >= 0.3 is 6.36 Å². The van der Waals surface area contributed by atoms with Crippen LogP contribution in [0.3, 0.4) is 0 Å². The first-order chi connectivity index (χ1) is 10.4. The summed E-state index contributed by atoms with van der Waals surface area (Å²) in [6, 6.07) is 4.13. The number of ether oxygens (including phenoxy) is 1. The molecule has 0 amide bonds. The van der Waals surface area contributed by atoms with Gasteiger partial charge in [0.15, 0.2) is 0 Å². The summed E-state index contributed by atoms with van der Waals surface area (Å²) < 4.78 is 42.7. The summed E-state index contributed by atoms with van der Waals surface area (Å²) in [4.78, 5) is 2.07. The van der Waals surface area contributed by atoms with Crippen molar-refractivity contribution >= 4 is 28.3 Å². The Balaban J connectivity index is 0.00000264. The first kappa shape index (κ1) is 20.5. The van der Waals surface area contributed by atoms with Crippen molar-refractivity contribution < 1.29 is 23.0 Å². The van der Waals surface area contributed by atoms with Crippen molar-refractivity contribution in [3.8, 4) is 5.75 Å². The molecular formula is C14H19BrClF3N2O2. The van der Waals surface area contributed by atoms with E-state index >= 15 is 0 Å². The Kier molecular flexibility index (Phi) is 8.09. The van der Waals surface area contributed by atoms with Crippen molar-refractivity contribution in [2.24, 2.45) is 0 Å². The van der Waals surface area contributed by atoms with Gasteiger partial charge in [0.25, 0.3) is 0 Å². The van der Waals surface area contributed by atoms with Crippen molar-refractivity contribution in [1.82, 2.24) is 10.2 Å². The molecule has 0 aliphatic carbocycles. The van der Waals surface area contributed by atoms with Crippen molar-refractivity contribution in [3.63, 3.8) is 0 Å². The third kappa shape index (κ3) is 6.11. The van der Waals surface area contributed by atoms with Crippen LogP contribution in [0.1, 0.15) is 18.0 Å². The number of nitrogens with one attached hydrogen (secondary N) is 1. The molecule has 23 heavy (non-hydrogen) atoms. The van der Waals surface area contributed by atoms with Crippen LogP contribution in [0.2, 0.25) is 0 Å². The number of aliphatic hydroxyl groups is 1. The molecule has 4 nitrogen and oxygen atoms in total. The monoisotopic (exact) mass is 418 g/mol. The third-order valence-corrected chi connectivity index (χ3v) is 4.04. The molecule has 0 unspecified atom stereocenters. The minimum Gasteiger partial charge on any atom is -0.405 e. The van der Waals surface area contributed by atoms with Crippen LogP contribution < -0.4 is 10.1 Å². The zero-order valence-corrected chi connectivity index (χ0v) is 14.7. The molecule has 2 rings (SSSR count). The highest BCUT2D eigenvalue weighted by atomic mass is 79.9. The Morgan fingerprint density at radius 1 is 1.30 bits per heavy atom. The Hall–Kier alpha value is -0.540. The molecule has 1 heterocycles. The van der Waals surface area contributed by atoms with Crippen LogP contribution in [0.25, 0.3) is 0 Å². The Labute approximate surface area is 147 Å². The van der Waals surface area contributed by atoms with Gasteiger partial charge in [0.2, 0.25) is 0 Å². The van der Waals surface area contributed by atoms with Gasteiger partial charge in [-0.05, 0) is 24.6 Å². The molecule has 1 aromatic rings. The van der Waals surface area contributed by atoms with E-state index in [4.69, 9.17) is 0 Å². The maximum atomic E-state index is 12.6. The Morgan fingerprint density at radius 2 is 1.96 bits per heavy atom. The van der Waals surface area contributed by atoms with Crippen LogP contribution >= 0.6 is 28.3 Å². The molecule has 1 aliphatic heterocycles. The van der Waals surface area contributed by atoms with Gasteiger partial charge in [-0.1, -0.05) is 15.9 Å². The molecule has 0 saturated carbocycles. The highest BCUT2D eigenvalue weighted by Gasteiger charge is 2.34. The van der Waals surface area contributed by atoms with E-state index in [-0.39, 0.29) is 30.8 Å². The fraction of sp³-hybridized carbons (Fsp3) is 0.571. The lowest BCUT2D eigenvalue weighted by molar-refractivity contribution is -0.275. The van der Waals surface area contributed by atoms with Crippen LogP contribution in [0.4, 0.5) is 13.2 Å². The normalized spacial score (nSPS) is 17.4. The average molecular weight is 420 g/mol. The Morgan fingerprint density at radius 3 is 2.52 bits per heavy atom. The molecule has 132 valence electrons. The summed E-state index contributed by atoms with van der Waals surface area (Å²) in [5.74, 6) is -0.215. The number of hydrogen-bond acceptors (Lipinski definition) is 4. The van der Waals surface area contributed by atoms with Crippen LogP contribution in [-0.2, 0) is 0 Å². The van der Waals surface area contributed by atoms with Gasteiger partial charge in [0.05, 0.1) is 0 Å². The van der Waals surface area contributed by atoms with E-state index in [1.165, 1.54) is 12.1 Å². The number of hydrogen-bond donors (Lipinski definition) is 2. The first-order valence-corrected chi connectivity index (χ1v) is 7.81. The second kappa shape index (κ2) is 9.08. The van der Waals surface area contributed by atoms with Crippen LogP contribution in [0, 0.1) is 0 Å². The van der Waals surface area contributed by atoms with E-state index in [1.54, 1.807) is 6.07 Å². The van der Waals surface area contributed by atoms with Crippen molar-refractivity contribution in [1.29, 1.82) is 0 Å². The number of benzene rings is 1. The molecule has 9 heteroatoms. The van der Waals surface area contributed by atoms with Gasteiger partial charge in [0, 0.05) is 48.9 Å². The summed E-state index contributed by atoms with van der Waals surface area (Å²) in [6.45, 7) is 2.86. The summed E-state index contributed by atoms with van der Waals surface area (Å²) in [7, 11) is 0. The fourth-order valence-electron chi connectivity index (χ4n) is 2.65. The maximum absolute atomic E-state index is 12.6. The van der Waals surface area contributed by atoms with Crippen LogP contribution in [-0.4, -0.2) is 49.2 Å². The number of nitrogens with zero attached hydrogens (tertiary/aromatic N) is 1. The molecule has 0 bridgehead atoms. The van der Waals surface area contributed by atoms with Crippen LogP contribution in [0.15, 0.2) is 22.7 Å². The zero-order chi connectivity index (χ0) is 16.2. The van der Waals surface area contributed by atoms with Crippen molar-refractivity contribution in [2.75, 3.05) is 32.8 Å². The van der Waals surface area contributed by atoms with Gasteiger partial charge < -0.3 is 15.2 Å². The van der Waals surface area contributed by atoms with E-state index in [9.17, 15) is 18.3 Å². The van der Waals surface area contributed by atoms with E-state index in [0.717, 1.165) is 13.1 Å². The minimum atomic E-state index is -4.74. The predicted molar refractivity (Wildman–Crippen MR) is 87.0 cm³/mol. The second-order valence-corrected chi connectivity index (χ2v) is 5.96. The molecule has 0 radical (unpaired) electrons. The summed E-state index contributed by atoms with van der Waals surface area (Å²) >= 11 is 3.29. The van der Waals surface area contributed by atoms with Gasteiger partial charge in [0.1, 0.15) is 5.75 Å².